The number of nitrogens with zero attached hydrogens (tertiary/aromatic N) is 2. The first-order valence-electron chi connectivity index (χ1n) is 7.98. The molecule has 0 saturated heterocycles. The maximum absolute atomic E-state index is 13.1. The Balaban J connectivity index is 2.14. The van der Waals surface area contributed by atoms with E-state index in [2.05, 4.69) is 5.32 Å². The molecule has 0 heterocycles. The normalized spacial score (nSPS) is 11.4. The van der Waals surface area contributed by atoms with Gasteiger partial charge < -0.3 is 5.32 Å². The molecular weight excluding hydrogens is 357 g/mol. The van der Waals surface area contributed by atoms with Crippen molar-refractivity contribution >= 4 is 21.8 Å². The molecule has 0 spiro atoms. The van der Waals surface area contributed by atoms with Crippen molar-refractivity contribution < 1.29 is 17.6 Å². The summed E-state index contributed by atoms with van der Waals surface area (Å²) in [5, 5.41) is 2.70. The van der Waals surface area contributed by atoms with Crippen molar-refractivity contribution in [3.05, 3.63) is 65.5 Å². The fourth-order valence-electron chi connectivity index (χ4n) is 2.20. The Morgan fingerprint density at radius 1 is 1.04 bits per heavy atom. The highest BCUT2D eigenvalue weighted by Gasteiger charge is 2.27. The van der Waals surface area contributed by atoms with Gasteiger partial charge in [0.15, 0.2) is 0 Å². The van der Waals surface area contributed by atoms with E-state index in [0.29, 0.717) is 6.54 Å². The van der Waals surface area contributed by atoms with Crippen LogP contribution in [-0.2, 0) is 21.5 Å². The smallest absolute Gasteiger partial charge is 0.304 e. The van der Waals surface area contributed by atoms with E-state index in [1.165, 1.54) is 26.2 Å². The lowest BCUT2D eigenvalue weighted by Crippen LogP contribution is -2.45. The van der Waals surface area contributed by atoms with Crippen LogP contribution in [0.25, 0.3) is 0 Å². The fraction of sp³-hybridized carbons (Fsp3) is 0.278. The standard InChI is InChI=1S/C18H22FN3O3S/c1-14-4-6-15(7-5-14)12-20-18(23)13-22(26(24,25)21(2)3)17-10-8-16(19)9-11-17/h4-11H,12-13H2,1-3H3,(H,20,23). The van der Waals surface area contributed by atoms with E-state index in [-0.39, 0.29) is 5.69 Å². The van der Waals surface area contributed by atoms with E-state index in [1.807, 2.05) is 31.2 Å². The molecule has 0 aliphatic rings. The van der Waals surface area contributed by atoms with Gasteiger partial charge in [0.05, 0.1) is 5.69 Å². The summed E-state index contributed by atoms with van der Waals surface area (Å²) in [6.07, 6.45) is 0. The van der Waals surface area contributed by atoms with Crippen molar-refractivity contribution in [1.82, 2.24) is 9.62 Å². The van der Waals surface area contributed by atoms with Gasteiger partial charge in [0, 0.05) is 20.6 Å². The Kier molecular flexibility index (Phi) is 6.33. The van der Waals surface area contributed by atoms with Crippen LogP contribution in [0.4, 0.5) is 10.1 Å². The zero-order valence-electron chi connectivity index (χ0n) is 14.9. The highest BCUT2D eigenvalue weighted by atomic mass is 32.2. The molecule has 8 heteroatoms. The molecule has 0 fully saturated rings. The maximum Gasteiger partial charge on any atom is 0.304 e. The van der Waals surface area contributed by atoms with Crippen LogP contribution in [0.15, 0.2) is 48.5 Å². The average Bonchev–Trinajstić information content (AvgIpc) is 2.60. The van der Waals surface area contributed by atoms with Crippen molar-refractivity contribution in [3.63, 3.8) is 0 Å². The van der Waals surface area contributed by atoms with E-state index in [0.717, 1.165) is 31.9 Å². The highest BCUT2D eigenvalue weighted by molar-refractivity contribution is 7.90. The van der Waals surface area contributed by atoms with Crippen LogP contribution in [-0.4, -0.2) is 39.3 Å². The Bertz CT molecular complexity index is 850. The molecule has 6 nitrogen and oxygen atoms in total. The molecular formula is C18H22FN3O3S. The number of aryl methyl sites for hydroxylation is 1. The van der Waals surface area contributed by atoms with E-state index in [9.17, 15) is 17.6 Å². The molecule has 26 heavy (non-hydrogen) atoms. The third kappa shape index (κ3) is 5.03. The zero-order valence-corrected chi connectivity index (χ0v) is 15.8. The van der Waals surface area contributed by atoms with E-state index < -0.39 is 28.5 Å². The van der Waals surface area contributed by atoms with Gasteiger partial charge >= 0.3 is 10.2 Å². The monoisotopic (exact) mass is 379 g/mol. The summed E-state index contributed by atoms with van der Waals surface area (Å²) in [4.78, 5) is 12.3. The van der Waals surface area contributed by atoms with Gasteiger partial charge in [-0.05, 0) is 36.8 Å². The molecule has 0 aliphatic carbocycles. The quantitative estimate of drug-likeness (QED) is 0.801. The second kappa shape index (κ2) is 8.29. The summed E-state index contributed by atoms with van der Waals surface area (Å²) in [5.41, 5.74) is 2.23. The molecule has 0 aliphatic heterocycles. The third-order valence-corrected chi connectivity index (χ3v) is 5.57. The van der Waals surface area contributed by atoms with Gasteiger partial charge in [0.1, 0.15) is 12.4 Å². The Morgan fingerprint density at radius 3 is 2.15 bits per heavy atom. The Morgan fingerprint density at radius 2 is 1.62 bits per heavy atom. The number of rotatable bonds is 7. The van der Waals surface area contributed by atoms with Crippen LogP contribution in [0.1, 0.15) is 11.1 Å². The fourth-order valence-corrected chi connectivity index (χ4v) is 3.27. The van der Waals surface area contributed by atoms with Crippen molar-refractivity contribution in [1.29, 1.82) is 0 Å². The SMILES string of the molecule is Cc1ccc(CNC(=O)CN(c2ccc(F)cc2)S(=O)(=O)N(C)C)cc1. The molecule has 1 amide bonds. The van der Waals surface area contributed by atoms with Gasteiger partial charge in [-0.2, -0.15) is 12.7 Å². The third-order valence-electron chi connectivity index (χ3n) is 3.75. The zero-order chi connectivity index (χ0) is 19.3. The second-order valence-corrected chi connectivity index (χ2v) is 8.10. The summed E-state index contributed by atoms with van der Waals surface area (Å²) >= 11 is 0. The van der Waals surface area contributed by atoms with Crippen LogP contribution in [0.2, 0.25) is 0 Å². The lowest BCUT2D eigenvalue weighted by atomic mass is 10.1. The number of hydrogen-bond acceptors (Lipinski definition) is 3. The number of amides is 1. The van der Waals surface area contributed by atoms with Crippen LogP contribution in [0.3, 0.4) is 0 Å². The van der Waals surface area contributed by atoms with Crippen LogP contribution in [0.5, 0.6) is 0 Å². The minimum atomic E-state index is -3.91. The Labute approximate surface area is 153 Å². The number of nitrogens with one attached hydrogen (secondary N) is 1. The minimum absolute atomic E-state index is 0.214. The Hall–Kier alpha value is -2.45. The van der Waals surface area contributed by atoms with Crippen LogP contribution in [0, 0.1) is 12.7 Å². The molecule has 2 aromatic carbocycles. The predicted octanol–water partition coefficient (Wildman–Crippen LogP) is 2.06. The molecule has 2 aromatic rings. The average molecular weight is 379 g/mol. The molecule has 0 aromatic heterocycles. The van der Waals surface area contributed by atoms with E-state index in [1.54, 1.807) is 0 Å². The maximum atomic E-state index is 13.1. The van der Waals surface area contributed by atoms with Gasteiger partial charge in [0.25, 0.3) is 0 Å². The number of halogens is 1. The van der Waals surface area contributed by atoms with Gasteiger partial charge in [-0.15, -0.1) is 0 Å². The van der Waals surface area contributed by atoms with Crippen molar-refractivity contribution in [2.24, 2.45) is 0 Å². The number of anilines is 1. The molecule has 2 rings (SSSR count). The topological polar surface area (TPSA) is 69.7 Å². The summed E-state index contributed by atoms with van der Waals surface area (Å²) in [5.74, 6) is -0.944. The summed E-state index contributed by atoms with van der Waals surface area (Å²) < 4.78 is 40.2. The summed E-state index contributed by atoms with van der Waals surface area (Å²) in [6, 6.07) is 12.6. The first-order valence-corrected chi connectivity index (χ1v) is 9.38. The van der Waals surface area contributed by atoms with Gasteiger partial charge in [0.2, 0.25) is 5.91 Å². The number of carbonyl (C=O) groups is 1. The van der Waals surface area contributed by atoms with Gasteiger partial charge in [-0.3, -0.25) is 4.79 Å². The minimum Gasteiger partial charge on any atom is -0.350 e. The summed E-state index contributed by atoms with van der Waals surface area (Å²) in [6.45, 7) is 1.85. The van der Waals surface area contributed by atoms with E-state index in [4.69, 9.17) is 0 Å². The predicted molar refractivity (Wildman–Crippen MR) is 99.4 cm³/mol. The molecule has 1 N–H and O–H groups in total. The molecule has 0 radical (unpaired) electrons. The molecule has 0 unspecified atom stereocenters. The number of hydrogen-bond donors (Lipinski definition) is 1. The van der Waals surface area contributed by atoms with Crippen molar-refractivity contribution in [2.45, 2.75) is 13.5 Å². The van der Waals surface area contributed by atoms with Crippen molar-refractivity contribution in [3.8, 4) is 0 Å². The summed E-state index contributed by atoms with van der Waals surface area (Å²) in [7, 11) is -1.16. The number of benzene rings is 2. The lowest BCUT2D eigenvalue weighted by Gasteiger charge is -2.26. The molecule has 0 saturated carbocycles. The molecule has 0 atom stereocenters. The van der Waals surface area contributed by atoms with Gasteiger partial charge in [-0.25, -0.2) is 8.70 Å². The highest BCUT2D eigenvalue weighted by Crippen LogP contribution is 2.19. The first-order chi connectivity index (χ1) is 12.2. The number of carbonyl (C=O) groups excluding carboxylic acids is 1. The van der Waals surface area contributed by atoms with E-state index >= 15 is 0 Å². The molecule has 0 bridgehead atoms. The first kappa shape index (κ1) is 19.9. The molecule has 140 valence electrons. The largest absolute Gasteiger partial charge is 0.350 e. The van der Waals surface area contributed by atoms with Crippen LogP contribution < -0.4 is 9.62 Å². The van der Waals surface area contributed by atoms with Crippen LogP contribution >= 0.6 is 0 Å². The van der Waals surface area contributed by atoms with Crippen molar-refractivity contribution in [2.75, 3.05) is 24.9 Å². The second-order valence-electron chi connectivity index (χ2n) is 6.04. The lowest BCUT2D eigenvalue weighted by molar-refractivity contribution is -0.119. The van der Waals surface area contributed by atoms with Gasteiger partial charge in [-0.1, -0.05) is 29.8 Å².